The van der Waals surface area contributed by atoms with Gasteiger partial charge in [-0.15, -0.1) is 0 Å². The highest BCUT2D eigenvalue weighted by Crippen LogP contribution is 2.42. The van der Waals surface area contributed by atoms with E-state index in [0.29, 0.717) is 0 Å². The zero-order valence-electron chi connectivity index (χ0n) is 31.9. The maximum absolute atomic E-state index is 6.71. The minimum Gasteiger partial charge on any atom is -0.399 e. The van der Waals surface area contributed by atoms with Crippen molar-refractivity contribution in [3.05, 3.63) is 162 Å². The number of pyridine rings is 2. The Morgan fingerprint density at radius 2 is 0.836 bits per heavy atom. The van der Waals surface area contributed by atoms with Gasteiger partial charge in [-0.1, -0.05) is 109 Å². The van der Waals surface area contributed by atoms with Gasteiger partial charge in [0.15, 0.2) is 0 Å². The number of aromatic nitrogens is 2. The highest BCUT2D eigenvalue weighted by Gasteiger charge is 2.51. The Balaban J connectivity index is 1.11. The monoisotopic (exact) mass is 714 g/mol. The predicted molar refractivity (Wildman–Crippen MR) is 225 cm³/mol. The number of fused-ring (bicyclic) bond motifs is 6. The number of nitrogens with zero attached hydrogens (tertiary/aromatic N) is 2. The van der Waals surface area contributed by atoms with E-state index < -0.39 is 18.3 Å². The van der Waals surface area contributed by atoms with Crippen molar-refractivity contribution in [2.45, 2.75) is 64.6 Å². The Bertz CT molecular complexity index is 2470. The fraction of sp³-hybridized carbons (Fsp3) is 0.200. The molecule has 3 aliphatic rings. The Hall–Kier alpha value is -5.62. The van der Waals surface area contributed by atoms with E-state index in [1.54, 1.807) is 0 Å². The molecular formula is C50H43BN2O2. The lowest BCUT2D eigenvalue weighted by Crippen LogP contribution is -2.41. The van der Waals surface area contributed by atoms with Gasteiger partial charge in [0.05, 0.1) is 22.6 Å². The lowest BCUT2D eigenvalue weighted by Gasteiger charge is -2.32. The molecule has 10 rings (SSSR count). The second-order valence-corrected chi connectivity index (χ2v) is 16.3. The average molecular weight is 715 g/mol. The first kappa shape index (κ1) is 33.9. The molecule has 55 heavy (non-hydrogen) atoms. The lowest BCUT2D eigenvalue weighted by atomic mass is 9.75. The van der Waals surface area contributed by atoms with Gasteiger partial charge >= 0.3 is 7.12 Å². The van der Waals surface area contributed by atoms with Gasteiger partial charge in [-0.3, -0.25) is 9.97 Å². The molecule has 0 bridgehead atoms. The number of aryl methyl sites for hydroxylation is 4. The van der Waals surface area contributed by atoms with Crippen molar-refractivity contribution in [1.29, 1.82) is 0 Å². The largest absolute Gasteiger partial charge is 0.494 e. The fourth-order valence-electron chi connectivity index (χ4n) is 8.75. The van der Waals surface area contributed by atoms with Crippen molar-refractivity contribution in [2.75, 3.05) is 0 Å². The summed E-state index contributed by atoms with van der Waals surface area (Å²) >= 11 is 0. The van der Waals surface area contributed by atoms with E-state index >= 15 is 0 Å². The molecule has 268 valence electrons. The summed E-state index contributed by atoms with van der Waals surface area (Å²) in [5.74, 6) is 0. The standard InChI is InChI=1S/C50H43BN2O2/c1-49(2)50(3,4)55-51(54-49)40-30-38(43-15-7-5-13-41(43)34-21-23-45-36(27-34)19-17-32-11-9-25-52-47(32)45)29-39(31-40)44-16-8-6-14-42(44)35-22-24-46-37(28-35)20-18-33-12-10-26-53-48(33)46/h5-16,21-31H,17-20H2,1-4H3. The molecule has 5 aromatic carbocycles. The molecule has 5 heteroatoms. The predicted octanol–water partition coefficient (Wildman–Crippen LogP) is 11.0. The molecule has 3 heterocycles. The Morgan fingerprint density at radius 3 is 1.29 bits per heavy atom. The van der Waals surface area contributed by atoms with Gasteiger partial charge < -0.3 is 9.31 Å². The number of rotatable bonds is 5. The Morgan fingerprint density at radius 1 is 0.418 bits per heavy atom. The van der Waals surface area contributed by atoms with Crippen LogP contribution in [0.5, 0.6) is 0 Å². The van der Waals surface area contributed by atoms with Crippen LogP contribution in [0.4, 0.5) is 0 Å². The van der Waals surface area contributed by atoms with E-state index in [0.717, 1.165) is 53.7 Å². The summed E-state index contributed by atoms with van der Waals surface area (Å²) in [6.07, 6.45) is 7.84. The van der Waals surface area contributed by atoms with Crippen LogP contribution in [0, 0.1) is 0 Å². The summed E-state index contributed by atoms with van der Waals surface area (Å²) in [4.78, 5) is 9.53. The van der Waals surface area contributed by atoms with E-state index in [2.05, 4.69) is 143 Å². The quantitative estimate of drug-likeness (QED) is 0.167. The number of hydrogen-bond acceptors (Lipinski definition) is 4. The SMILES string of the molecule is CC1(C)OB(c2cc(-c3ccccc3-c3ccc4c(c3)CCc3cccnc3-4)cc(-c3ccccc3-c3ccc4c(c3)CCc3cccnc3-4)c2)OC1(C)C. The molecule has 1 saturated heterocycles. The molecule has 2 aromatic heterocycles. The maximum atomic E-state index is 6.71. The first-order valence-corrected chi connectivity index (χ1v) is 19.6. The third-order valence-corrected chi connectivity index (χ3v) is 12.4. The van der Waals surface area contributed by atoms with Crippen molar-refractivity contribution in [3.63, 3.8) is 0 Å². The first-order valence-electron chi connectivity index (χ1n) is 19.6. The zero-order chi connectivity index (χ0) is 37.3. The van der Waals surface area contributed by atoms with Crippen LogP contribution in [0.1, 0.15) is 49.9 Å². The van der Waals surface area contributed by atoms with Crippen LogP contribution in [-0.4, -0.2) is 28.3 Å². The molecule has 0 radical (unpaired) electrons. The Labute approximate surface area is 324 Å². The Kier molecular flexibility index (Phi) is 8.02. The summed E-state index contributed by atoms with van der Waals surface area (Å²) in [5, 5.41) is 0. The van der Waals surface area contributed by atoms with Crippen molar-refractivity contribution in [2.24, 2.45) is 0 Å². The van der Waals surface area contributed by atoms with Crippen molar-refractivity contribution >= 4 is 12.6 Å². The van der Waals surface area contributed by atoms with Crippen LogP contribution < -0.4 is 5.46 Å². The highest BCUT2D eigenvalue weighted by atomic mass is 16.7. The molecule has 4 nitrogen and oxygen atoms in total. The molecular weight excluding hydrogens is 671 g/mol. The van der Waals surface area contributed by atoms with Crippen LogP contribution in [0.25, 0.3) is 67.0 Å². The van der Waals surface area contributed by atoms with Gasteiger partial charge in [0.1, 0.15) is 0 Å². The van der Waals surface area contributed by atoms with E-state index in [4.69, 9.17) is 19.3 Å². The second-order valence-electron chi connectivity index (χ2n) is 16.3. The van der Waals surface area contributed by atoms with E-state index in [-0.39, 0.29) is 0 Å². The van der Waals surface area contributed by atoms with Gasteiger partial charge in [0.25, 0.3) is 0 Å². The first-order chi connectivity index (χ1) is 26.7. The summed E-state index contributed by atoms with van der Waals surface area (Å²) in [7, 11) is -0.504. The molecule has 0 unspecified atom stereocenters. The van der Waals surface area contributed by atoms with Crippen LogP contribution >= 0.6 is 0 Å². The van der Waals surface area contributed by atoms with Crippen molar-refractivity contribution in [3.8, 4) is 67.0 Å². The average Bonchev–Trinajstić information content (AvgIpc) is 3.45. The third-order valence-electron chi connectivity index (χ3n) is 12.4. The molecule has 0 atom stereocenters. The van der Waals surface area contributed by atoms with E-state index in [9.17, 15) is 0 Å². The minimum atomic E-state index is -0.504. The molecule has 0 spiro atoms. The molecule has 2 aliphatic carbocycles. The zero-order valence-corrected chi connectivity index (χ0v) is 31.9. The highest BCUT2D eigenvalue weighted by molar-refractivity contribution is 6.62. The molecule has 0 saturated carbocycles. The fourth-order valence-corrected chi connectivity index (χ4v) is 8.75. The summed E-state index contributed by atoms with van der Waals surface area (Å²) < 4.78 is 13.4. The molecule has 7 aromatic rings. The van der Waals surface area contributed by atoms with Gasteiger partial charge in [0.2, 0.25) is 0 Å². The number of hydrogen-bond donors (Lipinski definition) is 0. The smallest absolute Gasteiger partial charge is 0.399 e. The summed E-state index contributed by atoms with van der Waals surface area (Å²) in [6, 6.07) is 46.8. The molecule has 1 aliphatic heterocycles. The van der Waals surface area contributed by atoms with Crippen LogP contribution in [0.3, 0.4) is 0 Å². The van der Waals surface area contributed by atoms with Gasteiger partial charge in [0, 0.05) is 23.5 Å². The topological polar surface area (TPSA) is 44.2 Å². The minimum absolute atomic E-state index is 0.461. The van der Waals surface area contributed by atoms with Crippen LogP contribution in [0.15, 0.2) is 140 Å². The molecule has 1 fully saturated rings. The third kappa shape index (κ3) is 5.85. The molecule has 0 amide bonds. The van der Waals surface area contributed by atoms with Gasteiger partial charge in [-0.05, 0) is 144 Å². The lowest BCUT2D eigenvalue weighted by molar-refractivity contribution is 0.00578. The second kappa shape index (κ2) is 13.0. The van der Waals surface area contributed by atoms with Gasteiger partial charge in [-0.2, -0.15) is 0 Å². The van der Waals surface area contributed by atoms with Crippen LogP contribution in [0.2, 0.25) is 0 Å². The van der Waals surface area contributed by atoms with Crippen LogP contribution in [-0.2, 0) is 35.0 Å². The summed E-state index contributed by atoms with van der Waals surface area (Å²) in [5.41, 5.74) is 19.6. The van der Waals surface area contributed by atoms with Gasteiger partial charge in [-0.25, -0.2) is 0 Å². The van der Waals surface area contributed by atoms with Crippen molar-refractivity contribution in [1.82, 2.24) is 9.97 Å². The van der Waals surface area contributed by atoms with E-state index in [1.807, 2.05) is 24.5 Å². The summed E-state index contributed by atoms with van der Waals surface area (Å²) in [6.45, 7) is 8.49. The number of benzene rings is 5. The normalized spacial score (nSPS) is 16.2. The molecule has 0 N–H and O–H groups in total. The van der Waals surface area contributed by atoms with Crippen molar-refractivity contribution < 1.29 is 9.31 Å². The van der Waals surface area contributed by atoms with E-state index in [1.165, 1.54) is 66.8 Å². The maximum Gasteiger partial charge on any atom is 0.494 e.